The molecule has 0 spiro atoms. The molecule has 3 amide bonds. The van der Waals surface area contributed by atoms with Gasteiger partial charge in [-0.05, 0) is 52.7 Å². The fraction of sp³-hybridized carbons (Fsp3) is 0.172. The monoisotopic (exact) mass is 464 g/mol. The van der Waals surface area contributed by atoms with Crippen LogP contribution in [0.5, 0.6) is 0 Å². The van der Waals surface area contributed by atoms with Gasteiger partial charge in [-0.2, -0.15) is 0 Å². The van der Waals surface area contributed by atoms with E-state index < -0.39 is 0 Å². The first-order valence-electron chi connectivity index (χ1n) is 11.9. The van der Waals surface area contributed by atoms with Crippen LogP contribution in [0.1, 0.15) is 15.9 Å². The summed E-state index contributed by atoms with van der Waals surface area (Å²) in [5, 5.41) is 7.96. The van der Waals surface area contributed by atoms with E-state index in [1.165, 1.54) is 0 Å². The van der Waals surface area contributed by atoms with Crippen LogP contribution in [0, 0.1) is 0 Å². The highest BCUT2D eigenvalue weighted by molar-refractivity contribution is 5.98. The SMILES string of the molecule is O=C(NCc1ccccc1)Nc1ccc(N2CCN(C(=O)c3ccc4ccccc4c3)CC2)cc1. The number of piperazine rings is 1. The quantitative estimate of drug-likeness (QED) is 0.431. The van der Waals surface area contributed by atoms with E-state index in [0.29, 0.717) is 19.6 Å². The Morgan fingerprint density at radius 3 is 2.14 bits per heavy atom. The molecule has 0 saturated carbocycles. The van der Waals surface area contributed by atoms with Gasteiger partial charge in [0.1, 0.15) is 0 Å². The highest BCUT2D eigenvalue weighted by atomic mass is 16.2. The lowest BCUT2D eigenvalue weighted by atomic mass is 10.1. The number of carbonyl (C=O) groups is 2. The number of rotatable bonds is 5. The highest BCUT2D eigenvalue weighted by Crippen LogP contribution is 2.21. The normalized spacial score (nSPS) is 13.5. The summed E-state index contributed by atoms with van der Waals surface area (Å²) >= 11 is 0. The second-order valence-electron chi connectivity index (χ2n) is 8.68. The summed E-state index contributed by atoms with van der Waals surface area (Å²) in [6, 6.07) is 31.4. The number of nitrogens with zero attached hydrogens (tertiary/aromatic N) is 2. The van der Waals surface area contributed by atoms with Crippen LogP contribution in [0.15, 0.2) is 97.1 Å². The Kier molecular flexibility index (Phi) is 6.61. The third-order valence-corrected chi connectivity index (χ3v) is 6.35. The molecule has 1 saturated heterocycles. The summed E-state index contributed by atoms with van der Waals surface area (Å²) in [4.78, 5) is 29.4. The smallest absolute Gasteiger partial charge is 0.319 e. The van der Waals surface area contributed by atoms with E-state index in [1.807, 2.05) is 95.9 Å². The standard InChI is InChI=1S/C29H28N4O2/c34-28(25-11-10-23-8-4-5-9-24(23)20-25)33-18-16-32(17-19-33)27-14-12-26(13-15-27)31-29(35)30-21-22-6-2-1-3-7-22/h1-15,20H,16-19,21H2,(H2,30,31,35). The number of benzene rings is 4. The Morgan fingerprint density at radius 1 is 0.714 bits per heavy atom. The van der Waals surface area contributed by atoms with E-state index in [1.54, 1.807) is 0 Å². The summed E-state index contributed by atoms with van der Waals surface area (Å²) in [6.07, 6.45) is 0. The molecule has 6 nitrogen and oxygen atoms in total. The summed E-state index contributed by atoms with van der Waals surface area (Å²) in [7, 11) is 0. The van der Waals surface area contributed by atoms with Crippen LogP contribution in [0.3, 0.4) is 0 Å². The number of urea groups is 1. The first-order valence-corrected chi connectivity index (χ1v) is 11.9. The van der Waals surface area contributed by atoms with Gasteiger partial charge in [-0.15, -0.1) is 0 Å². The maximum Gasteiger partial charge on any atom is 0.319 e. The number of hydrogen-bond donors (Lipinski definition) is 2. The second kappa shape index (κ2) is 10.3. The van der Waals surface area contributed by atoms with E-state index in [4.69, 9.17) is 0 Å². The van der Waals surface area contributed by atoms with E-state index in [9.17, 15) is 9.59 Å². The van der Waals surface area contributed by atoms with Crippen molar-refractivity contribution in [2.45, 2.75) is 6.54 Å². The zero-order valence-corrected chi connectivity index (χ0v) is 19.5. The lowest BCUT2D eigenvalue weighted by Gasteiger charge is -2.36. The number of nitrogens with one attached hydrogen (secondary N) is 2. The lowest BCUT2D eigenvalue weighted by molar-refractivity contribution is 0.0747. The zero-order valence-electron chi connectivity index (χ0n) is 19.5. The van der Waals surface area contributed by atoms with Crippen molar-refractivity contribution in [2.24, 2.45) is 0 Å². The van der Waals surface area contributed by atoms with Crippen molar-refractivity contribution in [3.05, 3.63) is 108 Å². The average molecular weight is 465 g/mol. The molecule has 35 heavy (non-hydrogen) atoms. The number of hydrogen-bond acceptors (Lipinski definition) is 3. The number of fused-ring (bicyclic) bond motifs is 1. The predicted octanol–water partition coefficient (Wildman–Crippen LogP) is 5.12. The summed E-state index contributed by atoms with van der Waals surface area (Å²) < 4.78 is 0. The minimum atomic E-state index is -0.234. The molecule has 0 radical (unpaired) electrons. The van der Waals surface area contributed by atoms with Crippen molar-refractivity contribution in [2.75, 3.05) is 36.4 Å². The third-order valence-electron chi connectivity index (χ3n) is 6.35. The lowest BCUT2D eigenvalue weighted by Crippen LogP contribution is -2.48. The first-order chi connectivity index (χ1) is 17.2. The highest BCUT2D eigenvalue weighted by Gasteiger charge is 2.22. The van der Waals surface area contributed by atoms with Gasteiger partial charge in [-0.1, -0.05) is 60.7 Å². The fourth-order valence-electron chi connectivity index (χ4n) is 4.38. The van der Waals surface area contributed by atoms with Gasteiger partial charge >= 0.3 is 6.03 Å². The molecule has 1 aliphatic heterocycles. The molecule has 0 aliphatic carbocycles. The van der Waals surface area contributed by atoms with Crippen molar-refractivity contribution in [3.8, 4) is 0 Å². The second-order valence-corrected chi connectivity index (χ2v) is 8.68. The average Bonchev–Trinajstić information content (AvgIpc) is 2.92. The van der Waals surface area contributed by atoms with Crippen LogP contribution in [-0.4, -0.2) is 43.0 Å². The van der Waals surface area contributed by atoms with Gasteiger partial charge in [0.15, 0.2) is 0 Å². The Labute approximate surface area is 205 Å². The van der Waals surface area contributed by atoms with E-state index in [0.717, 1.165) is 46.4 Å². The van der Waals surface area contributed by atoms with E-state index >= 15 is 0 Å². The van der Waals surface area contributed by atoms with Crippen molar-refractivity contribution in [1.29, 1.82) is 0 Å². The molecule has 0 aromatic heterocycles. The first kappa shape index (κ1) is 22.5. The molecule has 0 bridgehead atoms. The van der Waals surface area contributed by atoms with Gasteiger partial charge in [0.2, 0.25) is 0 Å². The predicted molar refractivity (Wildman–Crippen MR) is 141 cm³/mol. The Balaban J connectivity index is 1.13. The Morgan fingerprint density at radius 2 is 1.40 bits per heavy atom. The fourth-order valence-corrected chi connectivity index (χ4v) is 4.38. The van der Waals surface area contributed by atoms with Gasteiger partial charge in [-0.3, -0.25) is 4.79 Å². The van der Waals surface area contributed by atoms with Crippen LogP contribution in [0.2, 0.25) is 0 Å². The summed E-state index contributed by atoms with van der Waals surface area (Å²) in [5.41, 5.74) is 3.61. The third kappa shape index (κ3) is 5.44. The van der Waals surface area contributed by atoms with Gasteiger partial charge in [-0.25, -0.2) is 4.79 Å². The molecule has 4 aromatic rings. The Hall–Kier alpha value is -4.32. The number of anilines is 2. The van der Waals surface area contributed by atoms with Crippen LogP contribution < -0.4 is 15.5 Å². The van der Waals surface area contributed by atoms with Crippen molar-refractivity contribution in [1.82, 2.24) is 10.2 Å². The molecular weight excluding hydrogens is 436 g/mol. The van der Waals surface area contributed by atoms with E-state index in [2.05, 4.69) is 21.6 Å². The molecule has 0 atom stereocenters. The van der Waals surface area contributed by atoms with Gasteiger partial charge in [0.05, 0.1) is 0 Å². The van der Waals surface area contributed by atoms with Gasteiger partial charge in [0.25, 0.3) is 5.91 Å². The largest absolute Gasteiger partial charge is 0.368 e. The molecule has 1 fully saturated rings. The summed E-state index contributed by atoms with van der Waals surface area (Å²) in [6.45, 7) is 3.36. The maximum atomic E-state index is 13.0. The maximum absolute atomic E-state index is 13.0. The van der Waals surface area contributed by atoms with Gasteiger partial charge < -0.3 is 20.4 Å². The Bertz CT molecular complexity index is 1310. The summed E-state index contributed by atoms with van der Waals surface area (Å²) in [5.74, 6) is 0.0801. The molecule has 2 N–H and O–H groups in total. The van der Waals surface area contributed by atoms with Crippen molar-refractivity contribution >= 4 is 34.1 Å². The molecule has 6 heteroatoms. The van der Waals surface area contributed by atoms with Crippen molar-refractivity contribution in [3.63, 3.8) is 0 Å². The minimum absolute atomic E-state index is 0.0801. The molecule has 5 rings (SSSR count). The van der Waals surface area contributed by atoms with Crippen molar-refractivity contribution < 1.29 is 9.59 Å². The molecule has 4 aromatic carbocycles. The zero-order chi connectivity index (χ0) is 24.0. The molecular formula is C29H28N4O2. The van der Waals surface area contributed by atoms with Crippen LogP contribution in [0.4, 0.5) is 16.2 Å². The topological polar surface area (TPSA) is 64.7 Å². The molecule has 176 valence electrons. The number of amides is 3. The molecule has 1 heterocycles. The molecule has 0 unspecified atom stereocenters. The van der Waals surface area contributed by atoms with Gasteiger partial charge in [0, 0.05) is 49.7 Å². The van der Waals surface area contributed by atoms with Crippen LogP contribution in [-0.2, 0) is 6.54 Å². The van der Waals surface area contributed by atoms with Crippen LogP contribution in [0.25, 0.3) is 10.8 Å². The molecule has 1 aliphatic rings. The number of carbonyl (C=O) groups excluding carboxylic acids is 2. The van der Waals surface area contributed by atoms with Crippen LogP contribution >= 0.6 is 0 Å². The minimum Gasteiger partial charge on any atom is -0.368 e. The van der Waals surface area contributed by atoms with E-state index in [-0.39, 0.29) is 11.9 Å².